The number of alkyl halides is 9. The Morgan fingerprint density at radius 2 is 1.10 bits per heavy atom. The highest BCUT2D eigenvalue weighted by Crippen LogP contribution is 2.50. The summed E-state index contributed by atoms with van der Waals surface area (Å²) in [6.45, 7) is 0. The summed E-state index contributed by atoms with van der Waals surface area (Å²) in [6.07, 6.45) is -17.4. The zero-order chi connectivity index (χ0) is 16.8. The van der Waals surface area contributed by atoms with Gasteiger partial charge >= 0.3 is 18.5 Å². The maximum Gasteiger partial charge on any atom is 0.416 e. The lowest BCUT2D eigenvalue weighted by Gasteiger charge is -2.26. The van der Waals surface area contributed by atoms with Crippen molar-refractivity contribution in [2.45, 2.75) is 24.4 Å². The summed E-state index contributed by atoms with van der Waals surface area (Å²) in [4.78, 5) is 0. The van der Waals surface area contributed by atoms with Crippen molar-refractivity contribution in [1.29, 1.82) is 0 Å². The lowest BCUT2D eigenvalue weighted by atomic mass is 9.91. The van der Waals surface area contributed by atoms with Crippen LogP contribution >= 0.6 is 0 Å². The number of hydrogen-bond acceptors (Lipinski definition) is 2. The second-order valence-electron chi connectivity index (χ2n) is 4.08. The van der Waals surface area contributed by atoms with Crippen LogP contribution in [-0.4, -0.2) is 12.4 Å². The molecule has 120 valence electrons. The van der Waals surface area contributed by atoms with Gasteiger partial charge in [0.1, 0.15) is 0 Å². The number of rotatable bonds is 1. The van der Waals surface area contributed by atoms with Crippen molar-refractivity contribution in [3.63, 3.8) is 0 Å². The van der Waals surface area contributed by atoms with E-state index in [0.717, 1.165) is 0 Å². The normalized spacial score (nSPS) is 13.8. The average Bonchev–Trinajstić information content (AvgIpc) is 2.16. The molecule has 0 saturated carbocycles. The third kappa shape index (κ3) is 3.64. The van der Waals surface area contributed by atoms with Crippen molar-refractivity contribution < 1.29 is 39.5 Å². The molecule has 0 amide bonds. The number of benzene rings is 1. The third-order valence-electron chi connectivity index (χ3n) is 2.53. The van der Waals surface area contributed by atoms with Crippen LogP contribution < -0.4 is 11.5 Å². The first-order valence-corrected chi connectivity index (χ1v) is 5.05. The predicted molar refractivity (Wildman–Crippen MR) is 55.1 cm³/mol. The molecule has 0 aliphatic carbocycles. The van der Waals surface area contributed by atoms with Gasteiger partial charge in [0.2, 0.25) is 0 Å². The predicted octanol–water partition coefficient (Wildman–Crippen LogP) is 4.08. The zero-order valence-corrected chi connectivity index (χ0v) is 9.79. The zero-order valence-electron chi connectivity index (χ0n) is 9.79. The largest absolute Gasteiger partial charge is 0.416 e. The van der Waals surface area contributed by atoms with Crippen molar-refractivity contribution >= 4 is 11.4 Å². The van der Waals surface area contributed by atoms with E-state index < -0.39 is 46.9 Å². The van der Waals surface area contributed by atoms with E-state index in [1.807, 2.05) is 0 Å². The van der Waals surface area contributed by atoms with E-state index in [4.69, 9.17) is 11.5 Å². The highest BCUT2D eigenvalue weighted by atomic mass is 19.4. The summed E-state index contributed by atoms with van der Waals surface area (Å²) in [7, 11) is 0. The molecule has 2 nitrogen and oxygen atoms in total. The Morgan fingerprint density at radius 1 is 0.714 bits per heavy atom. The van der Waals surface area contributed by atoms with Gasteiger partial charge < -0.3 is 11.5 Å². The van der Waals surface area contributed by atoms with E-state index in [-0.39, 0.29) is 12.1 Å². The summed E-state index contributed by atoms with van der Waals surface area (Å²) in [5.74, 6) is -4.32. The Labute approximate surface area is 111 Å². The highest BCUT2D eigenvalue weighted by molar-refractivity contribution is 5.67. The van der Waals surface area contributed by atoms with Gasteiger partial charge in [-0.1, -0.05) is 0 Å². The molecule has 0 unspecified atom stereocenters. The van der Waals surface area contributed by atoms with Gasteiger partial charge in [-0.2, -0.15) is 39.5 Å². The molecule has 0 fully saturated rings. The quantitative estimate of drug-likeness (QED) is 0.603. The second kappa shape index (κ2) is 4.88. The average molecular weight is 326 g/mol. The van der Waals surface area contributed by atoms with Crippen molar-refractivity contribution in [2.24, 2.45) is 0 Å². The lowest BCUT2D eigenvalue weighted by molar-refractivity contribution is -0.254. The van der Waals surface area contributed by atoms with Crippen LogP contribution in [0.15, 0.2) is 12.1 Å². The van der Waals surface area contributed by atoms with Gasteiger partial charge in [-0.3, -0.25) is 0 Å². The molecule has 0 aliphatic heterocycles. The van der Waals surface area contributed by atoms with Crippen LogP contribution in [0.4, 0.5) is 50.9 Å². The first kappa shape index (κ1) is 17.2. The molecule has 0 heterocycles. The molecule has 0 saturated heterocycles. The molecule has 1 rings (SSSR count). The van der Waals surface area contributed by atoms with Crippen molar-refractivity contribution in [3.8, 4) is 0 Å². The van der Waals surface area contributed by atoms with Gasteiger partial charge in [-0.05, 0) is 17.7 Å². The molecular formula is C10H7F9N2. The fourth-order valence-electron chi connectivity index (χ4n) is 1.67. The van der Waals surface area contributed by atoms with Gasteiger partial charge in [0.15, 0.2) is 5.92 Å². The molecule has 0 spiro atoms. The first-order chi connectivity index (χ1) is 9.15. The van der Waals surface area contributed by atoms with Crippen LogP contribution in [0.3, 0.4) is 0 Å². The summed E-state index contributed by atoms with van der Waals surface area (Å²) in [6, 6.07) is -0.0983. The van der Waals surface area contributed by atoms with E-state index in [0.29, 0.717) is 0 Å². The highest BCUT2D eigenvalue weighted by Gasteiger charge is 2.59. The van der Waals surface area contributed by atoms with Gasteiger partial charge in [-0.25, -0.2) is 0 Å². The first-order valence-electron chi connectivity index (χ1n) is 5.05. The molecule has 1 aromatic carbocycles. The van der Waals surface area contributed by atoms with Crippen LogP contribution in [0.2, 0.25) is 0 Å². The molecule has 0 bridgehead atoms. The maximum atomic E-state index is 12.7. The van der Waals surface area contributed by atoms with Crippen molar-refractivity contribution in [1.82, 2.24) is 0 Å². The van der Waals surface area contributed by atoms with Crippen LogP contribution in [0.5, 0.6) is 0 Å². The Bertz CT molecular complexity index is 513. The summed E-state index contributed by atoms with van der Waals surface area (Å²) in [5.41, 5.74) is 4.31. The van der Waals surface area contributed by atoms with Gasteiger partial charge in [-0.15, -0.1) is 0 Å². The van der Waals surface area contributed by atoms with E-state index >= 15 is 0 Å². The Hall–Kier alpha value is -1.81. The SMILES string of the molecule is Nc1cc(C(C(F)(F)F)C(F)(F)F)c(C(F)(F)F)cc1N. The van der Waals surface area contributed by atoms with Crippen molar-refractivity contribution in [2.75, 3.05) is 11.5 Å². The maximum absolute atomic E-state index is 12.7. The topological polar surface area (TPSA) is 52.0 Å². The Balaban J connectivity index is 3.70. The summed E-state index contributed by atoms with van der Waals surface area (Å²) >= 11 is 0. The molecule has 0 aliphatic rings. The molecule has 1 aromatic rings. The van der Waals surface area contributed by atoms with Gasteiger partial charge in [0, 0.05) is 0 Å². The molecule has 0 radical (unpaired) electrons. The van der Waals surface area contributed by atoms with Gasteiger partial charge in [0.25, 0.3) is 0 Å². The minimum atomic E-state index is -5.97. The number of halogens is 9. The number of hydrogen-bond donors (Lipinski definition) is 2. The monoisotopic (exact) mass is 326 g/mol. The van der Waals surface area contributed by atoms with Crippen molar-refractivity contribution in [3.05, 3.63) is 23.3 Å². The van der Waals surface area contributed by atoms with E-state index in [1.54, 1.807) is 0 Å². The number of anilines is 2. The molecule has 4 N–H and O–H groups in total. The lowest BCUT2D eigenvalue weighted by Crippen LogP contribution is -2.35. The standard InChI is InChI=1S/C10H7F9N2/c11-8(12,13)4-2-6(21)5(20)1-3(4)7(9(14,15)16)10(17,18)19/h1-2,7H,20-21H2. The fourth-order valence-corrected chi connectivity index (χ4v) is 1.67. The van der Waals surface area contributed by atoms with E-state index in [9.17, 15) is 39.5 Å². The minimum Gasteiger partial charge on any atom is -0.397 e. The van der Waals surface area contributed by atoms with Crippen LogP contribution in [0, 0.1) is 0 Å². The molecule has 0 aromatic heterocycles. The number of nitrogen functional groups attached to an aromatic ring is 2. The second-order valence-corrected chi connectivity index (χ2v) is 4.08. The molecular weight excluding hydrogens is 319 g/mol. The van der Waals surface area contributed by atoms with Crippen LogP contribution in [-0.2, 0) is 6.18 Å². The van der Waals surface area contributed by atoms with Crippen LogP contribution in [0.1, 0.15) is 17.0 Å². The van der Waals surface area contributed by atoms with Crippen LogP contribution in [0.25, 0.3) is 0 Å². The molecule has 21 heavy (non-hydrogen) atoms. The Kier molecular flexibility index (Phi) is 4.01. The summed E-state index contributed by atoms with van der Waals surface area (Å²) < 4.78 is 113. The van der Waals surface area contributed by atoms with E-state index in [2.05, 4.69) is 0 Å². The fraction of sp³-hybridized carbons (Fsp3) is 0.400. The Morgan fingerprint density at radius 3 is 1.43 bits per heavy atom. The molecule has 0 atom stereocenters. The third-order valence-corrected chi connectivity index (χ3v) is 2.53. The minimum absolute atomic E-state index is 0.0465. The summed E-state index contributed by atoms with van der Waals surface area (Å²) in [5, 5.41) is 0. The smallest absolute Gasteiger partial charge is 0.397 e. The van der Waals surface area contributed by atoms with E-state index in [1.165, 1.54) is 0 Å². The number of nitrogens with two attached hydrogens (primary N) is 2. The van der Waals surface area contributed by atoms with Gasteiger partial charge in [0.05, 0.1) is 16.9 Å². The molecule has 11 heteroatoms.